The zero-order chi connectivity index (χ0) is 15.3. The first-order valence-electron chi connectivity index (χ1n) is 7.72. The standard InChI is InChI=1S/C17H26O4/c1-5-18-15(19-6-2)10-11-20-14-9-7-8-13-12-17(3,4)21-16(13)14/h7-9,15H,5-6,10-12H2,1-4H3. The molecular formula is C17H26O4. The van der Waals surface area contributed by atoms with E-state index in [2.05, 4.69) is 19.9 Å². The van der Waals surface area contributed by atoms with E-state index in [1.807, 2.05) is 26.0 Å². The van der Waals surface area contributed by atoms with Crippen molar-refractivity contribution in [1.29, 1.82) is 0 Å². The van der Waals surface area contributed by atoms with Crippen LogP contribution >= 0.6 is 0 Å². The molecule has 0 radical (unpaired) electrons. The van der Waals surface area contributed by atoms with Crippen molar-refractivity contribution in [2.24, 2.45) is 0 Å². The molecule has 2 rings (SSSR count). The largest absolute Gasteiger partial charge is 0.489 e. The molecule has 0 unspecified atom stereocenters. The summed E-state index contributed by atoms with van der Waals surface area (Å²) in [5.74, 6) is 1.69. The zero-order valence-electron chi connectivity index (χ0n) is 13.5. The second-order valence-electron chi connectivity index (χ2n) is 5.76. The molecule has 4 heteroatoms. The monoisotopic (exact) mass is 294 g/mol. The third-order valence-corrected chi connectivity index (χ3v) is 3.37. The Hall–Kier alpha value is -1.26. The first kappa shape index (κ1) is 16.1. The maximum atomic E-state index is 5.99. The Morgan fingerprint density at radius 2 is 1.90 bits per heavy atom. The second-order valence-corrected chi connectivity index (χ2v) is 5.76. The summed E-state index contributed by atoms with van der Waals surface area (Å²) < 4.78 is 22.9. The minimum Gasteiger partial charge on any atom is -0.489 e. The van der Waals surface area contributed by atoms with E-state index in [4.69, 9.17) is 18.9 Å². The molecule has 118 valence electrons. The van der Waals surface area contributed by atoms with Crippen LogP contribution in [0.5, 0.6) is 11.5 Å². The average Bonchev–Trinajstić information content (AvgIpc) is 2.74. The van der Waals surface area contributed by atoms with Crippen LogP contribution < -0.4 is 9.47 Å². The fourth-order valence-corrected chi connectivity index (χ4v) is 2.55. The minimum atomic E-state index is -0.200. The molecule has 1 aliphatic rings. The highest BCUT2D eigenvalue weighted by Crippen LogP contribution is 2.41. The van der Waals surface area contributed by atoms with Crippen LogP contribution in [0.1, 0.15) is 39.7 Å². The molecule has 0 aromatic heterocycles. The van der Waals surface area contributed by atoms with Gasteiger partial charge >= 0.3 is 0 Å². The third kappa shape index (κ3) is 4.35. The topological polar surface area (TPSA) is 36.9 Å². The van der Waals surface area contributed by atoms with Crippen LogP contribution in [0.3, 0.4) is 0 Å². The summed E-state index contributed by atoms with van der Waals surface area (Å²) in [6.07, 6.45) is 1.42. The van der Waals surface area contributed by atoms with Crippen molar-refractivity contribution in [3.63, 3.8) is 0 Å². The molecule has 0 aliphatic carbocycles. The highest BCUT2D eigenvalue weighted by molar-refractivity contribution is 5.50. The number of ether oxygens (including phenoxy) is 4. The van der Waals surface area contributed by atoms with Gasteiger partial charge in [-0.1, -0.05) is 12.1 Å². The molecule has 1 aromatic rings. The van der Waals surface area contributed by atoms with Gasteiger partial charge in [-0.25, -0.2) is 0 Å². The minimum absolute atomic E-state index is 0.152. The lowest BCUT2D eigenvalue weighted by molar-refractivity contribution is -0.142. The predicted molar refractivity (Wildman–Crippen MR) is 82.0 cm³/mol. The number of hydrogen-bond donors (Lipinski definition) is 0. The second kappa shape index (κ2) is 7.14. The van der Waals surface area contributed by atoms with E-state index in [-0.39, 0.29) is 11.9 Å². The van der Waals surface area contributed by atoms with E-state index in [1.165, 1.54) is 5.56 Å². The third-order valence-electron chi connectivity index (χ3n) is 3.37. The normalized spacial score (nSPS) is 15.9. The van der Waals surface area contributed by atoms with Gasteiger partial charge in [0.1, 0.15) is 5.60 Å². The van der Waals surface area contributed by atoms with Gasteiger partial charge in [-0.15, -0.1) is 0 Å². The van der Waals surface area contributed by atoms with E-state index in [9.17, 15) is 0 Å². The molecule has 21 heavy (non-hydrogen) atoms. The fourth-order valence-electron chi connectivity index (χ4n) is 2.55. The molecule has 0 N–H and O–H groups in total. The lowest BCUT2D eigenvalue weighted by Crippen LogP contribution is -2.24. The van der Waals surface area contributed by atoms with Crippen LogP contribution in [0, 0.1) is 0 Å². The predicted octanol–water partition coefficient (Wildman–Crippen LogP) is 3.57. The number of hydrogen-bond acceptors (Lipinski definition) is 4. The lowest BCUT2D eigenvalue weighted by Gasteiger charge is -2.19. The smallest absolute Gasteiger partial charge is 0.165 e. The van der Waals surface area contributed by atoms with E-state index in [0.29, 0.717) is 26.2 Å². The van der Waals surface area contributed by atoms with Crippen molar-refractivity contribution < 1.29 is 18.9 Å². The number of fused-ring (bicyclic) bond motifs is 1. The Balaban J connectivity index is 1.91. The van der Waals surface area contributed by atoms with Gasteiger partial charge in [0.25, 0.3) is 0 Å². The molecule has 0 spiro atoms. The summed E-state index contributed by atoms with van der Waals surface area (Å²) in [6, 6.07) is 6.07. The van der Waals surface area contributed by atoms with Crippen LogP contribution in [0.4, 0.5) is 0 Å². The Bertz CT molecular complexity index is 450. The van der Waals surface area contributed by atoms with Crippen LogP contribution in [0.15, 0.2) is 18.2 Å². The van der Waals surface area contributed by atoms with Crippen molar-refractivity contribution in [3.05, 3.63) is 23.8 Å². The van der Waals surface area contributed by atoms with Gasteiger partial charge in [-0.3, -0.25) is 0 Å². The zero-order valence-corrected chi connectivity index (χ0v) is 13.5. The number of para-hydroxylation sites is 1. The molecule has 0 fully saturated rings. The summed E-state index contributed by atoms with van der Waals surface area (Å²) in [7, 11) is 0. The molecule has 0 bridgehead atoms. The molecule has 1 heterocycles. The van der Waals surface area contributed by atoms with Crippen LogP contribution in [-0.2, 0) is 15.9 Å². The highest BCUT2D eigenvalue weighted by atomic mass is 16.7. The molecule has 1 aromatic carbocycles. The molecule has 4 nitrogen and oxygen atoms in total. The first-order valence-corrected chi connectivity index (χ1v) is 7.72. The van der Waals surface area contributed by atoms with Gasteiger partial charge in [-0.05, 0) is 33.8 Å². The number of rotatable bonds is 8. The van der Waals surface area contributed by atoms with E-state index in [0.717, 1.165) is 17.9 Å². The molecule has 0 atom stereocenters. The van der Waals surface area contributed by atoms with Crippen molar-refractivity contribution in [2.45, 2.75) is 52.4 Å². The van der Waals surface area contributed by atoms with E-state index >= 15 is 0 Å². The van der Waals surface area contributed by atoms with Crippen LogP contribution in [-0.4, -0.2) is 31.7 Å². The van der Waals surface area contributed by atoms with E-state index in [1.54, 1.807) is 0 Å². The first-order chi connectivity index (χ1) is 10.1. The van der Waals surface area contributed by atoms with Gasteiger partial charge in [0.2, 0.25) is 0 Å². The van der Waals surface area contributed by atoms with Crippen molar-refractivity contribution in [2.75, 3.05) is 19.8 Å². The lowest BCUT2D eigenvalue weighted by atomic mass is 10.0. The molecule has 0 amide bonds. The van der Waals surface area contributed by atoms with Crippen LogP contribution in [0.2, 0.25) is 0 Å². The van der Waals surface area contributed by atoms with Gasteiger partial charge in [0.15, 0.2) is 17.8 Å². The van der Waals surface area contributed by atoms with Gasteiger partial charge in [0.05, 0.1) is 6.61 Å². The van der Waals surface area contributed by atoms with Gasteiger partial charge in [0, 0.05) is 31.6 Å². The van der Waals surface area contributed by atoms with E-state index < -0.39 is 0 Å². The number of benzene rings is 1. The van der Waals surface area contributed by atoms with Crippen LogP contribution in [0.25, 0.3) is 0 Å². The van der Waals surface area contributed by atoms with Gasteiger partial charge < -0.3 is 18.9 Å². The quantitative estimate of drug-likeness (QED) is 0.687. The highest BCUT2D eigenvalue weighted by Gasteiger charge is 2.32. The summed E-state index contributed by atoms with van der Waals surface area (Å²) in [4.78, 5) is 0. The summed E-state index contributed by atoms with van der Waals surface area (Å²) >= 11 is 0. The Labute approximate surface area is 127 Å². The molecular weight excluding hydrogens is 268 g/mol. The molecule has 0 saturated heterocycles. The molecule has 0 saturated carbocycles. The molecule has 1 aliphatic heterocycles. The maximum absolute atomic E-state index is 5.99. The Kier molecular flexibility index (Phi) is 5.48. The maximum Gasteiger partial charge on any atom is 0.165 e. The fraction of sp³-hybridized carbons (Fsp3) is 0.647. The van der Waals surface area contributed by atoms with Crippen molar-refractivity contribution in [1.82, 2.24) is 0 Å². The Morgan fingerprint density at radius 1 is 1.19 bits per heavy atom. The summed E-state index contributed by atoms with van der Waals surface area (Å²) in [5, 5.41) is 0. The SMILES string of the molecule is CCOC(CCOc1cccc2c1OC(C)(C)C2)OCC. The van der Waals surface area contributed by atoms with Crippen molar-refractivity contribution >= 4 is 0 Å². The summed E-state index contributed by atoms with van der Waals surface area (Å²) in [5.41, 5.74) is 1.06. The van der Waals surface area contributed by atoms with Gasteiger partial charge in [-0.2, -0.15) is 0 Å². The van der Waals surface area contributed by atoms with Crippen molar-refractivity contribution in [3.8, 4) is 11.5 Å². The summed E-state index contributed by atoms with van der Waals surface area (Å²) in [6.45, 7) is 9.95. The Morgan fingerprint density at radius 3 is 2.57 bits per heavy atom. The average molecular weight is 294 g/mol.